The Morgan fingerprint density at radius 2 is 2.29 bits per heavy atom. The third-order valence-electron chi connectivity index (χ3n) is 2.64. The van der Waals surface area contributed by atoms with Crippen LogP contribution in [0.25, 0.3) is 0 Å². The highest BCUT2D eigenvalue weighted by molar-refractivity contribution is 5.78. The fourth-order valence-corrected chi connectivity index (χ4v) is 1.73. The molecule has 2 heterocycles. The lowest BCUT2D eigenvalue weighted by Gasteiger charge is -2.33. The molecular formula is C10H14N4O3. The van der Waals surface area contributed by atoms with Gasteiger partial charge in [0.1, 0.15) is 6.04 Å². The van der Waals surface area contributed by atoms with Crippen molar-refractivity contribution in [1.82, 2.24) is 15.3 Å². The fourth-order valence-electron chi connectivity index (χ4n) is 1.73. The minimum absolute atomic E-state index is 0.394. The second-order valence-electron chi connectivity index (χ2n) is 3.67. The molecule has 0 spiro atoms. The molecule has 92 valence electrons. The molecule has 7 nitrogen and oxygen atoms in total. The third kappa shape index (κ3) is 2.44. The second kappa shape index (κ2) is 4.96. The zero-order chi connectivity index (χ0) is 12.3. The van der Waals surface area contributed by atoms with E-state index in [0.29, 0.717) is 24.8 Å². The molecule has 1 aromatic rings. The third-order valence-corrected chi connectivity index (χ3v) is 2.64. The van der Waals surface area contributed by atoms with Crippen LogP contribution in [0.3, 0.4) is 0 Å². The number of piperazine rings is 1. The number of hydrogen-bond donors (Lipinski definition) is 2. The van der Waals surface area contributed by atoms with Gasteiger partial charge in [-0.05, 0) is 0 Å². The average Bonchev–Trinajstić information content (AvgIpc) is 2.39. The van der Waals surface area contributed by atoms with Crippen molar-refractivity contribution in [3.05, 3.63) is 12.4 Å². The van der Waals surface area contributed by atoms with Crippen LogP contribution in [0.4, 0.5) is 5.95 Å². The molecule has 0 saturated carbocycles. The van der Waals surface area contributed by atoms with Gasteiger partial charge in [0.15, 0.2) is 5.75 Å². The summed E-state index contributed by atoms with van der Waals surface area (Å²) in [7, 11) is 1.53. The van der Waals surface area contributed by atoms with Crippen LogP contribution in [0.2, 0.25) is 0 Å². The van der Waals surface area contributed by atoms with Gasteiger partial charge in [-0.15, -0.1) is 0 Å². The predicted molar refractivity (Wildman–Crippen MR) is 60.2 cm³/mol. The molecule has 1 aromatic heterocycles. The summed E-state index contributed by atoms with van der Waals surface area (Å²) in [4.78, 5) is 21.0. The van der Waals surface area contributed by atoms with Gasteiger partial charge >= 0.3 is 5.97 Å². The van der Waals surface area contributed by atoms with Crippen LogP contribution < -0.4 is 15.0 Å². The van der Waals surface area contributed by atoms with E-state index >= 15 is 0 Å². The molecule has 7 heteroatoms. The zero-order valence-corrected chi connectivity index (χ0v) is 9.46. The van der Waals surface area contributed by atoms with E-state index in [1.165, 1.54) is 19.5 Å². The van der Waals surface area contributed by atoms with Gasteiger partial charge in [-0.1, -0.05) is 0 Å². The minimum atomic E-state index is -0.878. The Hall–Kier alpha value is -1.89. The highest BCUT2D eigenvalue weighted by Crippen LogP contribution is 2.15. The number of nitrogens with one attached hydrogen (secondary N) is 1. The van der Waals surface area contributed by atoms with Gasteiger partial charge < -0.3 is 20.1 Å². The van der Waals surface area contributed by atoms with E-state index in [9.17, 15) is 4.79 Å². The van der Waals surface area contributed by atoms with Crippen LogP contribution >= 0.6 is 0 Å². The fraction of sp³-hybridized carbons (Fsp3) is 0.500. The van der Waals surface area contributed by atoms with E-state index in [4.69, 9.17) is 9.84 Å². The molecule has 0 aliphatic carbocycles. The van der Waals surface area contributed by atoms with Gasteiger partial charge in [0.25, 0.3) is 0 Å². The molecule has 1 fully saturated rings. The maximum Gasteiger partial charge on any atom is 0.327 e. The van der Waals surface area contributed by atoms with Crippen molar-refractivity contribution in [2.45, 2.75) is 6.04 Å². The van der Waals surface area contributed by atoms with Crippen LogP contribution in [-0.4, -0.2) is 53.8 Å². The van der Waals surface area contributed by atoms with Gasteiger partial charge in [0, 0.05) is 19.6 Å². The molecule has 1 unspecified atom stereocenters. The maximum absolute atomic E-state index is 11.1. The number of anilines is 1. The van der Waals surface area contributed by atoms with E-state index in [-0.39, 0.29) is 0 Å². The highest BCUT2D eigenvalue weighted by Gasteiger charge is 2.29. The van der Waals surface area contributed by atoms with Crippen LogP contribution in [0.1, 0.15) is 0 Å². The number of hydrogen-bond acceptors (Lipinski definition) is 6. The van der Waals surface area contributed by atoms with Gasteiger partial charge in [-0.2, -0.15) is 0 Å². The van der Waals surface area contributed by atoms with Crippen molar-refractivity contribution >= 4 is 11.9 Å². The summed E-state index contributed by atoms with van der Waals surface area (Å²) in [5.74, 6) is 0.0899. The highest BCUT2D eigenvalue weighted by atomic mass is 16.5. The number of rotatable bonds is 3. The summed E-state index contributed by atoms with van der Waals surface area (Å²) >= 11 is 0. The van der Waals surface area contributed by atoms with E-state index in [1.807, 2.05) is 0 Å². The van der Waals surface area contributed by atoms with Crippen molar-refractivity contribution in [2.24, 2.45) is 0 Å². The zero-order valence-electron chi connectivity index (χ0n) is 9.46. The SMILES string of the molecule is COc1cnc(N2CCNCC2C(=O)O)nc1. The summed E-state index contributed by atoms with van der Waals surface area (Å²) in [6.45, 7) is 1.69. The first kappa shape index (κ1) is 11.6. The molecule has 1 atom stereocenters. The average molecular weight is 238 g/mol. The summed E-state index contributed by atoms with van der Waals surface area (Å²) in [5, 5.41) is 12.1. The quantitative estimate of drug-likeness (QED) is 0.723. The molecule has 0 aromatic carbocycles. The smallest absolute Gasteiger partial charge is 0.327 e. The topological polar surface area (TPSA) is 87.6 Å². The molecule has 1 aliphatic heterocycles. The van der Waals surface area contributed by atoms with Crippen molar-refractivity contribution in [3.8, 4) is 5.75 Å². The lowest BCUT2D eigenvalue weighted by Crippen LogP contribution is -2.55. The summed E-state index contributed by atoms with van der Waals surface area (Å²) in [6.07, 6.45) is 3.06. The number of carboxylic acids is 1. The largest absolute Gasteiger partial charge is 0.494 e. The minimum Gasteiger partial charge on any atom is -0.494 e. The normalized spacial score (nSPS) is 20.1. The molecule has 17 heavy (non-hydrogen) atoms. The van der Waals surface area contributed by atoms with Crippen molar-refractivity contribution < 1.29 is 14.6 Å². The molecule has 1 aliphatic rings. The Morgan fingerprint density at radius 1 is 1.59 bits per heavy atom. The van der Waals surface area contributed by atoms with Gasteiger partial charge in [0.05, 0.1) is 19.5 Å². The van der Waals surface area contributed by atoms with Crippen molar-refractivity contribution in [2.75, 3.05) is 31.6 Å². The standard InChI is InChI=1S/C10H14N4O3/c1-17-7-4-12-10(13-5-7)14-3-2-11-6-8(14)9(15)16/h4-5,8,11H,2-3,6H2,1H3,(H,15,16). The lowest BCUT2D eigenvalue weighted by molar-refractivity contribution is -0.138. The Kier molecular flexibility index (Phi) is 3.38. The predicted octanol–water partition coefficient (Wildman–Crippen LogP) is -0.652. The number of ether oxygens (including phenoxy) is 1. The van der Waals surface area contributed by atoms with Crippen molar-refractivity contribution in [3.63, 3.8) is 0 Å². The molecule has 2 N–H and O–H groups in total. The van der Waals surface area contributed by atoms with Gasteiger partial charge in [-0.25, -0.2) is 14.8 Å². The molecular weight excluding hydrogens is 224 g/mol. The van der Waals surface area contributed by atoms with E-state index in [0.717, 1.165) is 6.54 Å². The molecule has 0 radical (unpaired) electrons. The Labute approximate surface area is 98.4 Å². The summed E-state index contributed by atoms with van der Waals surface area (Å²) in [5.41, 5.74) is 0. The molecule has 1 saturated heterocycles. The number of nitrogens with zero attached hydrogens (tertiary/aromatic N) is 3. The van der Waals surface area contributed by atoms with Crippen LogP contribution in [0.5, 0.6) is 5.75 Å². The summed E-state index contributed by atoms with van der Waals surface area (Å²) < 4.78 is 4.96. The number of aromatic nitrogens is 2. The maximum atomic E-state index is 11.1. The molecule has 0 bridgehead atoms. The van der Waals surface area contributed by atoms with E-state index in [2.05, 4.69) is 15.3 Å². The molecule has 2 rings (SSSR count). The van der Waals surface area contributed by atoms with Gasteiger partial charge in [-0.3, -0.25) is 0 Å². The van der Waals surface area contributed by atoms with Crippen LogP contribution in [0.15, 0.2) is 12.4 Å². The van der Waals surface area contributed by atoms with Crippen LogP contribution in [-0.2, 0) is 4.79 Å². The number of methoxy groups -OCH3 is 1. The number of carboxylic acid groups (broad SMARTS) is 1. The number of carbonyl (C=O) groups is 1. The van der Waals surface area contributed by atoms with Crippen LogP contribution in [0, 0.1) is 0 Å². The second-order valence-corrected chi connectivity index (χ2v) is 3.67. The first-order valence-corrected chi connectivity index (χ1v) is 5.28. The summed E-state index contributed by atoms with van der Waals surface area (Å²) in [6, 6.07) is -0.628. The Balaban J connectivity index is 2.20. The Morgan fingerprint density at radius 3 is 2.88 bits per heavy atom. The first-order valence-electron chi connectivity index (χ1n) is 5.28. The Bertz CT molecular complexity index is 395. The monoisotopic (exact) mass is 238 g/mol. The van der Waals surface area contributed by atoms with Crippen molar-refractivity contribution in [1.29, 1.82) is 0 Å². The lowest BCUT2D eigenvalue weighted by atomic mass is 10.2. The first-order chi connectivity index (χ1) is 8.22. The van der Waals surface area contributed by atoms with E-state index < -0.39 is 12.0 Å². The van der Waals surface area contributed by atoms with Gasteiger partial charge in [0.2, 0.25) is 5.95 Å². The van der Waals surface area contributed by atoms with E-state index in [1.54, 1.807) is 4.90 Å². The number of aliphatic carboxylic acids is 1. The molecule has 0 amide bonds.